The lowest BCUT2D eigenvalue weighted by atomic mass is 9.83. The zero-order valence-corrected chi connectivity index (χ0v) is 15.3. The first-order chi connectivity index (χ1) is 11.8. The van der Waals surface area contributed by atoms with E-state index in [1.54, 1.807) is 19.9 Å². The molecule has 0 unspecified atom stereocenters. The molecular weight excluding hydrogens is 320 g/mol. The van der Waals surface area contributed by atoms with Crippen LogP contribution in [0.2, 0.25) is 0 Å². The molecule has 136 valence electrons. The fourth-order valence-corrected chi connectivity index (χ4v) is 3.67. The molecule has 0 N–H and O–H groups in total. The molecule has 25 heavy (non-hydrogen) atoms. The third-order valence-electron chi connectivity index (χ3n) is 5.68. The highest BCUT2D eigenvalue weighted by molar-refractivity contribution is 5.91. The first-order valence-corrected chi connectivity index (χ1v) is 8.85. The van der Waals surface area contributed by atoms with E-state index in [4.69, 9.17) is 14.2 Å². The second-order valence-electron chi connectivity index (χ2n) is 7.44. The van der Waals surface area contributed by atoms with Crippen LogP contribution in [0.1, 0.15) is 47.0 Å². The Morgan fingerprint density at radius 2 is 2.20 bits per heavy atom. The van der Waals surface area contributed by atoms with E-state index in [0.29, 0.717) is 17.6 Å². The highest BCUT2D eigenvalue weighted by atomic mass is 16.6. The second kappa shape index (κ2) is 6.45. The fraction of sp³-hybridized carbons (Fsp3) is 0.600. The van der Waals surface area contributed by atoms with E-state index in [9.17, 15) is 9.59 Å². The number of ether oxygens (including phenoxy) is 3. The van der Waals surface area contributed by atoms with Gasteiger partial charge in [0.25, 0.3) is 0 Å². The summed E-state index contributed by atoms with van der Waals surface area (Å²) >= 11 is 0. The molecule has 1 aliphatic carbocycles. The van der Waals surface area contributed by atoms with Crippen LogP contribution in [-0.4, -0.2) is 35.9 Å². The lowest BCUT2D eigenvalue weighted by molar-refractivity contribution is -0.144. The van der Waals surface area contributed by atoms with Crippen LogP contribution in [0.5, 0.6) is 0 Å². The van der Waals surface area contributed by atoms with Crippen molar-refractivity contribution in [1.29, 1.82) is 0 Å². The minimum absolute atomic E-state index is 0.110. The van der Waals surface area contributed by atoms with Crippen molar-refractivity contribution in [3.05, 3.63) is 35.5 Å². The lowest BCUT2D eigenvalue weighted by Gasteiger charge is -2.25. The number of hydrogen-bond acceptors (Lipinski definition) is 5. The van der Waals surface area contributed by atoms with Gasteiger partial charge < -0.3 is 14.2 Å². The van der Waals surface area contributed by atoms with E-state index < -0.39 is 6.10 Å². The lowest BCUT2D eigenvalue weighted by Crippen LogP contribution is -2.33. The quantitative estimate of drug-likeness (QED) is 0.332. The second-order valence-corrected chi connectivity index (χ2v) is 7.44. The molecular formula is C20H26O5. The Morgan fingerprint density at radius 1 is 1.48 bits per heavy atom. The molecule has 0 aromatic carbocycles. The summed E-state index contributed by atoms with van der Waals surface area (Å²) in [6.07, 6.45) is 5.14. The van der Waals surface area contributed by atoms with Crippen LogP contribution in [0, 0.1) is 5.92 Å². The summed E-state index contributed by atoms with van der Waals surface area (Å²) in [5.74, 6) is -0.912. The molecule has 0 spiro atoms. The predicted molar refractivity (Wildman–Crippen MR) is 92.7 cm³/mol. The van der Waals surface area contributed by atoms with Crippen LogP contribution >= 0.6 is 0 Å². The number of carbonyl (C=O) groups excluding carboxylic acids is 2. The topological polar surface area (TPSA) is 65.1 Å². The molecule has 2 saturated heterocycles. The number of rotatable bonds is 2. The monoisotopic (exact) mass is 346 g/mol. The summed E-state index contributed by atoms with van der Waals surface area (Å²) in [7, 11) is 0. The first-order valence-electron chi connectivity index (χ1n) is 8.85. The third-order valence-corrected chi connectivity index (χ3v) is 5.68. The summed E-state index contributed by atoms with van der Waals surface area (Å²) in [5, 5.41) is 0. The normalized spacial score (nSPS) is 40.3. The van der Waals surface area contributed by atoms with Gasteiger partial charge >= 0.3 is 11.9 Å². The van der Waals surface area contributed by atoms with E-state index in [-0.39, 0.29) is 35.7 Å². The van der Waals surface area contributed by atoms with E-state index in [1.165, 1.54) is 0 Å². The highest BCUT2D eigenvalue weighted by Crippen LogP contribution is 2.50. The summed E-state index contributed by atoms with van der Waals surface area (Å²) in [6, 6.07) is 0. The molecule has 3 rings (SSSR count). The van der Waals surface area contributed by atoms with Crippen LogP contribution in [0.4, 0.5) is 0 Å². The number of hydrogen-bond donors (Lipinski definition) is 0. The molecule has 0 radical (unpaired) electrons. The number of allylic oxidation sites excluding steroid dienone is 2. The molecule has 0 amide bonds. The fourth-order valence-electron chi connectivity index (χ4n) is 3.67. The Balaban J connectivity index is 1.88. The van der Waals surface area contributed by atoms with Crippen LogP contribution in [0.3, 0.4) is 0 Å². The van der Waals surface area contributed by atoms with Gasteiger partial charge in [-0.3, -0.25) is 0 Å². The third kappa shape index (κ3) is 3.30. The summed E-state index contributed by atoms with van der Waals surface area (Å²) < 4.78 is 17.2. The van der Waals surface area contributed by atoms with Crippen molar-refractivity contribution in [3.63, 3.8) is 0 Å². The number of epoxide rings is 1. The van der Waals surface area contributed by atoms with Gasteiger partial charge in [0.15, 0.2) is 0 Å². The standard InChI is InChI=1S/C20H26O5/c1-6-11(2)18(21)23-15-10-14-13(4)19(22)24-16(14)17-20(5,25-17)9-7-8-12(15)3/h6,8,14-17H,4,7,9-10H2,1-3,5H3/b11-6-,12-8+/t14-,15-,16-,17-,20+/m0/s1. The van der Waals surface area contributed by atoms with Crippen molar-refractivity contribution in [1.82, 2.24) is 0 Å². The minimum atomic E-state index is -0.399. The zero-order valence-electron chi connectivity index (χ0n) is 15.3. The molecule has 0 aromatic rings. The molecule has 2 aliphatic heterocycles. The molecule has 5 nitrogen and oxygen atoms in total. The van der Waals surface area contributed by atoms with Crippen LogP contribution in [0.25, 0.3) is 0 Å². The molecule has 5 atom stereocenters. The minimum Gasteiger partial charge on any atom is -0.455 e. The molecule has 5 heteroatoms. The zero-order chi connectivity index (χ0) is 18.4. The molecule has 2 heterocycles. The smallest absolute Gasteiger partial charge is 0.334 e. The van der Waals surface area contributed by atoms with Gasteiger partial charge in [0.2, 0.25) is 0 Å². The van der Waals surface area contributed by atoms with Gasteiger partial charge in [-0.2, -0.15) is 0 Å². The van der Waals surface area contributed by atoms with E-state index in [0.717, 1.165) is 18.4 Å². The van der Waals surface area contributed by atoms with Gasteiger partial charge in [0.1, 0.15) is 18.3 Å². The largest absolute Gasteiger partial charge is 0.455 e. The predicted octanol–water partition coefficient (Wildman–Crippen LogP) is 3.25. The molecule has 0 bridgehead atoms. The Hall–Kier alpha value is -1.88. The summed E-state index contributed by atoms with van der Waals surface area (Å²) in [4.78, 5) is 24.3. The highest BCUT2D eigenvalue weighted by Gasteiger charge is 2.61. The summed E-state index contributed by atoms with van der Waals surface area (Å²) in [6.45, 7) is 11.5. The number of esters is 2. The molecule has 3 aliphatic rings. The van der Waals surface area contributed by atoms with Gasteiger partial charge in [-0.05, 0) is 52.5 Å². The van der Waals surface area contributed by atoms with Crippen molar-refractivity contribution in [2.45, 2.75) is 70.9 Å². The van der Waals surface area contributed by atoms with Gasteiger partial charge in [-0.1, -0.05) is 18.7 Å². The van der Waals surface area contributed by atoms with Crippen LogP contribution < -0.4 is 0 Å². The Morgan fingerprint density at radius 3 is 2.88 bits per heavy atom. The maximum atomic E-state index is 12.2. The van der Waals surface area contributed by atoms with Gasteiger partial charge in [-0.25, -0.2) is 9.59 Å². The Labute approximate surface area is 148 Å². The SMILES string of the molecule is C=C1C(=O)O[C@H]2[C@H]1C[C@H](OC(=O)/C(C)=C\C)/C(C)=C/CC[C@@]1(C)O[C@@H]21. The van der Waals surface area contributed by atoms with Gasteiger partial charge in [0, 0.05) is 17.1 Å². The van der Waals surface area contributed by atoms with E-state index in [1.807, 2.05) is 6.92 Å². The van der Waals surface area contributed by atoms with Crippen molar-refractivity contribution >= 4 is 11.9 Å². The Kier molecular flexibility index (Phi) is 4.62. The molecule has 0 saturated carbocycles. The van der Waals surface area contributed by atoms with Crippen molar-refractivity contribution < 1.29 is 23.8 Å². The molecule has 2 fully saturated rings. The van der Waals surface area contributed by atoms with Crippen molar-refractivity contribution in [2.75, 3.05) is 0 Å². The first kappa shape index (κ1) is 17.9. The maximum absolute atomic E-state index is 12.2. The average molecular weight is 346 g/mol. The Bertz CT molecular complexity index is 674. The van der Waals surface area contributed by atoms with Crippen LogP contribution in [-0.2, 0) is 23.8 Å². The number of carbonyl (C=O) groups is 2. The van der Waals surface area contributed by atoms with Gasteiger partial charge in [-0.15, -0.1) is 0 Å². The maximum Gasteiger partial charge on any atom is 0.334 e. The number of fused-ring (bicyclic) bond motifs is 3. The van der Waals surface area contributed by atoms with Crippen LogP contribution in [0.15, 0.2) is 35.5 Å². The van der Waals surface area contributed by atoms with E-state index in [2.05, 4.69) is 19.6 Å². The average Bonchev–Trinajstić information content (AvgIpc) is 3.17. The van der Waals surface area contributed by atoms with Crippen molar-refractivity contribution in [3.8, 4) is 0 Å². The van der Waals surface area contributed by atoms with Gasteiger partial charge in [0.05, 0.1) is 5.60 Å². The van der Waals surface area contributed by atoms with Crippen molar-refractivity contribution in [2.24, 2.45) is 5.92 Å². The summed E-state index contributed by atoms with van der Waals surface area (Å²) in [5.41, 5.74) is 1.75. The molecule has 0 aromatic heterocycles. The van der Waals surface area contributed by atoms with E-state index >= 15 is 0 Å².